The maximum atomic E-state index is 12.7. The molecule has 144 valence electrons. The number of carbonyl (C=O) groups excluding carboxylic acids is 1. The number of H-pyrrole nitrogens is 1. The number of aromatic amines is 1. The van der Waals surface area contributed by atoms with E-state index < -0.39 is 0 Å². The highest BCUT2D eigenvalue weighted by atomic mass is 16.5. The van der Waals surface area contributed by atoms with Crippen LogP contribution >= 0.6 is 0 Å². The standard InChI is InChI=1S/C21H27N3O3/c1-14-4-2-6-17-19(14)22-12-18(20(17)25)21(26)23-15-7-9-24(10-8-15)13-16-5-3-11-27-16/h2,4,6,12,15-16H,3,5,7-11,13H2,1H3,(H,22,25)(H,23,26)/t16-/m0/s1. The zero-order chi connectivity index (χ0) is 18.8. The van der Waals surface area contributed by atoms with E-state index in [1.54, 1.807) is 12.3 Å². The maximum absolute atomic E-state index is 12.7. The van der Waals surface area contributed by atoms with Crippen LogP contribution in [0.4, 0.5) is 0 Å². The van der Waals surface area contributed by atoms with Gasteiger partial charge in [-0.25, -0.2) is 0 Å². The van der Waals surface area contributed by atoms with Crippen LogP contribution in [-0.2, 0) is 4.74 Å². The van der Waals surface area contributed by atoms with Crippen LogP contribution in [0.25, 0.3) is 10.9 Å². The Hall–Kier alpha value is -2.18. The molecule has 2 N–H and O–H groups in total. The van der Waals surface area contributed by atoms with Crippen molar-refractivity contribution in [3.05, 3.63) is 45.7 Å². The Morgan fingerprint density at radius 2 is 2.11 bits per heavy atom. The number of ether oxygens (including phenoxy) is 1. The Morgan fingerprint density at radius 3 is 2.85 bits per heavy atom. The number of aryl methyl sites for hydroxylation is 1. The van der Waals surface area contributed by atoms with E-state index >= 15 is 0 Å². The summed E-state index contributed by atoms with van der Waals surface area (Å²) < 4.78 is 5.71. The molecule has 2 fully saturated rings. The summed E-state index contributed by atoms with van der Waals surface area (Å²) in [5.41, 5.74) is 1.77. The number of hydrogen-bond acceptors (Lipinski definition) is 4. The summed E-state index contributed by atoms with van der Waals surface area (Å²) in [6, 6.07) is 5.67. The van der Waals surface area contributed by atoms with E-state index in [-0.39, 0.29) is 22.9 Å². The van der Waals surface area contributed by atoms with Crippen molar-refractivity contribution in [1.82, 2.24) is 15.2 Å². The number of para-hydroxylation sites is 1. The van der Waals surface area contributed by atoms with E-state index in [0.717, 1.165) is 63.0 Å². The van der Waals surface area contributed by atoms with E-state index in [2.05, 4.69) is 15.2 Å². The van der Waals surface area contributed by atoms with Crippen LogP contribution in [0.3, 0.4) is 0 Å². The van der Waals surface area contributed by atoms with Crippen molar-refractivity contribution in [2.45, 2.75) is 44.8 Å². The average molecular weight is 369 g/mol. The van der Waals surface area contributed by atoms with Gasteiger partial charge in [0.05, 0.1) is 11.6 Å². The smallest absolute Gasteiger partial charge is 0.256 e. The van der Waals surface area contributed by atoms with E-state index in [1.165, 1.54) is 0 Å². The van der Waals surface area contributed by atoms with Crippen molar-refractivity contribution >= 4 is 16.8 Å². The summed E-state index contributed by atoms with van der Waals surface area (Å²) in [4.78, 5) is 30.9. The van der Waals surface area contributed by atoms with Crippen molar-refractivity contribution in [2.24, 2.45) is 0 Å². The third-order valence-corrected chi connectivity index (χ3v) is 5.78. The quantitative estimate of drug-likeness (QED) is 0.867. The fourth-order valence-corrected chi connectivity index (χ4v) is 4.17. The molecule has 1 atom stereocenters. The van der Waals surface area contributed by atoms with Gasteiger partial charge in [-0.2, -0.15) is 0 Å². The summed E-state index contributed by atoms with van der Waals surface area (Å²) in [5.74, 6) is -0.280. The van der Waals surface area contributed by atoms with Gasteiger partial charge in [0, 0.05) is 43.9 Å². The molecule has 2 aliphatic rings. The number of nitrogens with zero attached hydrogens (tertiary/aromatic N) is 1. The topological polar surface area (TPSA) is 74.4 Å². The Balaban J connectivity index is 1.38. The molecule has 2 aromatic rings. The normalized spacial score (nSPS) is 21.6. The second-order valence-corrected chi connectivity index (χ2v) is 7.71. The Bertz CT molecular complexity index is 878. The molecule has 1 aromatic heterocycles. The molecule has 6 nitrogen and oxygen atoms in total. The number of pyridine rings is 1. The first-order valence-electron chi connectivity index (χ1n) is 9.87. The molecule has 27 heavy (non-hydrogen) atoms. The van der Waals surface area contributed by atoms with Crippen LogP contribution in [0, 0.1) is 6.92 Å². The highest BCUT2D eigenvalue weighted by Gasteiger charge is 2.25. The lowest BCUT2D eigenvalue weighted by molar-refractivity contribution is 0.0612. The third-order valence-electron chi connectivity index (χ3n) is 5.78. The molecule has 0 unspecified atom stereocenters. The van der Waals surface area contributed by atoms with Gasteiger partial charge in [-0.1, -0.05) is 12.1 Å². The van der Waals surface area contributed by atoms with Crippen LogP contribution in [0.2, 0.25) is 0 Å². The first-order valence-corrected chi connectivity index (χ1v) is 9.87. The minimum Gasteiger partial charge on any atom is -0.377 e. The van der Waals surface area contributed by atoms with E-state index in [4.69, 9.17) is 4.74 Å². The second-order valence-electron chi connectivity index (χ2n) is 7.71. The molecule has 3 heterocycles. The molecule has 2 saturated heterocycles. The summed E-state index contributed by atoms with van der Waals surface area (Å²) in [6.07, 6.45) is 6.04. The summed E-state index contributed by atoms with van der Waals surface area (Å²) >= 11 is 0. The number of nitrogens with one attached hydrogen (secondary N) is 2. The highest BCUT2D eigenvalue weighted by molar-refractivity contribution is 5.97. The second kappa shape index (κ2) is 7.82. The van der Waals surface area contributed by atoms with E-state index in [9.17, 15) is 9.59 Å². The number of hydrogen-bond donors (Lipinski definition) is 2. The number of likely N-dealkylation sites (tertiary alicyclic amines) is 1. The van der Waals surface area contributed by atoms with Crippen LogP contribution in [0.1, 0.15) is 41.6 Å². The van der Waals surface area contributed by atoms with Crippen molar-refractivity contribution < 1.29 is 9.53 Å². The van der Waals surface area contributed by atoms with Crippen molar-refractivity contribution in [3.8, 4) is 0 Å². The van der Waals surface area contributed by atoms with Crippen LogP contribution < -0.4 is 10.7 Å². The lowest BCUT2D eigenvalue weighted by Crippen LogP contribution is -2.47. The van der Waals surface area contributed by atoms with Crippen LogP contribution in [0.15, 0.2) is 29.2 Å². The third kappa shape index (κ3) is 3.92. The van der Waals surface area contributed by atoms with Crippen molar-refractivity contribution in [2.75, 3.05) is 26.2 Å². The van der Waals surface area contributed by atoms with Crippen molar-refractivity contribution in [3.63, 3.8) is 0 Å². The zero-order valence-corrected chi connectivity index (χ0v) is 15.8. The number of piperidine rings is 1. The molecule has 1 aromatic carbocycles. The molecule has 0 radical (unpaired) electrons. The minimum absolute atomic E-state index is 0.117. The predicted molar refractivity (Wildman–Crippen MR) is 105 cm³/mol. The number of aromatic nitrogens is 1. The number of rotatable bonds is 4. The van der Waals surface area contributed by atoms with Gasteiger partial charge in [0.15, 0.2) is 0 Å². The zero-order valence-electron chi connectivity index (χ0n) is 15.8. The van der Waals surface area contributed by atoms with Crippen molar-refractivity contribution in [1.29, 1.82) is 0 Å². The minimum atomic E-state index is -0.280. The summed E-state index contributed by atoms with van der Waals surface area (Å²) in [5, 5.41) is 3.62. The SMILES string of the molecule is Cc1cccc2c(=O)c(C(=O)NC3CCN(C[C@@H]4CCCO4)CC3)c[nH]c12. The molecule has 0 aliphatic carbocycles. The fourth-order valence-electron chi connectivity index (χ4n) is 4.17. The van der Waals surface area contributed by atoms with Crippen LogP contribution in [0.5, 0.6) is 0 Å². The number of carbonyl (C=O) groups is 1. The fraction of sp³-hybridized carbons (Fsp3) is 0.524. The summed E-state index contributed by atoms with van der Waals surface area (Å²) in [7, 11) is 0. The van der Waals surface area contributed by atoms with Gasteiger partial charge in [0.2, 0.25) is 5.43 Å². The van der Waals surface area contributed by atoms with Crippen LogP contribution in [-0.4, -0.2) is 54.2 Å². The Morgan fingerprint density at radius 1 is 1.30 bits per heavy atom. The van der Waals surface area contributed by atoms with Gasteiger partial charge in [-0.3, -0.25) is 9.59 Å². The van der Waals surface area contributed by atoms with Gasteiger partial charge >= 0.3 is 0 Å². The number of fused-ring (bicyclic) bond motifs is 1. The maximum Gasteiger partial charge on any atom is 0.256 e. The lowest BCUT2D eigenvalue weighted by atomic mass is 10.0. The number of amides is 1. The largest absolute Gasteiger partial charge is 0.377 e. The van der Waals surface area contributed by atoms with Gasteiger partial charge < -0.3 is 19.9 Å². The number of benzene rings is 1. The average Bonchev–Trinajstić information content (AvgIpc) is 3.17. The first kappa shape index (κ1) is 18.2. The Kier molecular flexibility index (Phi) is 5.27. The molecule has 1 amide bonds. The molecular weight excluding hydrogens is 342 g/mol. The van der Waals surface area contributed by atoms with Gasteiger partial charge in [-0.05, 0) is 44.2 Å². The molecule has 0 saturated carbocycles. The molecule has 0 spiro atoms. The monoisotopic (exact) mass is 369 g/mol. The summed E-state index contributed by atoms with van der Waals surface area (Å²) in [6.45, 7) is 5.74. The molecule has 2 aliphatic heterocycles. The van der Waals surface area contributed by atoms with Gasteiger partial charge in [0.25, 0.3) is 5.91 Å². The predicted octanol–water partition coefficient (Wildman–Crippen LogP) is 2.21. The highest BCUT2D eigenvalue weighted by Crippen LogP contribution is 2.17. The lowest BCUT2D eigenvalue weighted by Gasteiger charge is -2.33. The van der Waals surface area contributed by atoms with Gasteiger partial charge in [-0.15, -0.1) is 0 Å². The van der Waals surface area contributed by atoms with E-state index in [0.29, 0.717) is 11.5 Å². The van der Waals surface area contributed by atoms with E-state index in [1.807, 2.05) is 19.1 Å². The molecule has 4 rings (SSSR count). The molecular formula is C21H27N3O3. The Labute approximate surface area is 158 Å². The molecule has 6 heteroatoms. The molecule has 0 bridgehead atoms. The van der Waals surface area contributed by atoms with Gasteiger partial charge in [0.1, 0.15) is 5.56 Å². The first-order chi connectivity index (χ1) is 13.1.